The molecule has 2 heterocycles. The fraction of sp³-hybridized carbons (Fsp3) is 0.214. The molecule has 2 aromatic heterocycles. The third-order valence-electron chi connectivity index (χ3n) is 6.77. The Bertz CT molecular complexity index is 1430. The molecule has 4 aromatic rings. The fourth-order valence-electron chi connectivity index (χ4n) is 4.48. The van der Waals surface area contributed by atoms with Gasteiger partial charge >= 0.3 is 0 Å². The number of amides is 2. The molecule has 36 heavy (non-hydrogen) atoms. The minimum atomic E-state index is -0.335. The van der Waals surface area contributed by atoms with Crippen molar-refractivity contribution in [3.05, 3.63) is 89.1 Å². The summed E-state index contributed by atoms with van der Waals surface area (Å²) < 4.78 is 0. The zero-order chi connectivity index (χ0) is 25.3. The second kappa shape index (κ2) is 9.64. The van der Waals surface area contributed by atoms with Gasteiger partial charge in [-0.3, -0.25) is 14.6 Å². The van der Waals surface area contributed by atoms with Gasteiger partial charge in [-0.1, -0.05) is 38.1 Å². The lowest BCUT2D eigenvalue weighted by atomic mass is 9.83. The number of thiazole rings is 1. The van der Waals surface area contributed by atoms with Gasteiger partial charge in [0.15, 0.2) is 5.13 Å². The van der Waals surface area contributed by atoms with Crippen LogP contribution in [0.1, 0.15) is 35.3 Å². The van der Waals surface area contributed by atoms with E-state index in [1.807, 2.05) is 47.8 Å². The summed E-state index contributed by atoms with van der Waals surface area (Å²) in [7, 11) is 0. The van der Waals surface area contributed by atoms with Gasteiger partial charge in [0.1, 0.15) is 0 Å². The highest BCUT2D eigenvalue weighted by molar-refractivity contribution is 7.14. The number of carbonyl (C=O) groups excluding carboxylic acids is 2. The van der Waals surface area contributed by atoms with Gasteiger partial charge in [0.2, 0.25) is 5.91 Å². The molecule has 1 aliphatic carbocycles. The Balaban J connectivity index is 1.20. The molecule has 1 aliphatic rings. The normalized spacial score (nSPS) is 15.8. The van der Waals surface area contributed by atoms with Gasteiger partial charge in [0.05, 0.1) is 12.2 Å². The molecule has 2 amide bonds. The number of rotatable bonds is 6. The van der Waals surface area contributed by atoms with E-state index in [4.69, 9.17) is 5.73 Å². The van der Waals surface area contributed by atoms with E-state index in [0.29, 0.717) is 10.7 Å². The van der Waals surface area contributed by atoms with Crippen LogP contribution in [-0.2, 0) is 16.6 Å². The van der Waals surface area contributed by atoms with Crippen molar-refractivity contribution in [2.45, 2.75) is 31.7 Å². The first-order chi connectivity index (χ1) is 17.3. The van der Waals surface area contributed by atoms with Crippen molar-refractivity contribution < 1.29 is 9.59 Å². The molecule has 7 nitrogen and oxygen atoms in total. The lowest BCUT2D eigenvalue weighted by Gasteiger charge is -2.25. The van der Waals surface area contributed by atoms with Crippen LogP contribution in [0.4, 0.5) is 5.13 Å². The SMILES string of the molecule is CC1(C)c2cc(C(=O)NCC(=O)Nc3nc(-c4cccc(-c5ccncc5)c4)cs3)ccc2C[C@H]1N. The Labute approximate surface area is 213 Å². The van der Waals surface area contributed by atoms with Crippen LogP contribution in [0.5, 0.6) is 0 Å². The smallest absolute Gasteiger partial charge is 0.251 e. The molecule has 0 saturated carbocycles. The average molecular weight is 498 g/mol. The number of benzene rings is 2. The number of anilines is 1. The summed E-state index contributed by atoms with van der Waals surface area (Å²) in [6.07, 6.45) is 4.33. The molecule has 0 saturated heterocycles. The molecule has 8 heteroatoms. The van der Waals surface area contributed by atoms with Gasteiger partial charge in [-0.2, -0.15) is 0 Å². The van der Waals surface area contributed by atoms with Gasteiger partial charge < -0.3 is 16.4 Å². The number of fused-ring (bicyclic) bond motifs is 1. The zero-order valence-corrected chi connectivity index (χ0v) is 20.9. The Morgan fingerprint density at radius 2 is 1.83 bits per heavy atom. The average Bonchev–Trinajstić information content (AvgIpc) is 3.44. The molecule has 0 bridgehead atoms. The van der Waals surface area contributed by atoms with Crippen LogP contribution >= 0.6 is 11.3 Å². The van der Waals surface area contributed by atoms with Gasteiger partial charge in [0.25, 0.3) is 5.91 Å². The third-order valence-corrected chi connectivity index (χ3v) is 7.52. The fourth-order valence-corrected chi connectivity index (χ4v) is 5.22. The highest BCUT2D eigenvalue weighted by Crippen LogP contribution is 2.38. The molecular formula is C28H27N5O2S. The van der Waals surface area contributed by atoms with Gasteiger partial charge in [-0.15, -0.1) is 11.3 Å². The molecule has 0 unspecified atom stereocenters. The standard InChI is InChI=1S/C28H27N5O2S/c1-28(2)22-13-21(7-6-19(22)14-24(28)29)26(35)31-15-25(34)33-27-32-23(16-36-27)20-5-3-4-18(12-20)17-8-10-30-11-9-17/h3-13,16,24H,14-15,29H2,1-2H3,(H,31,35)(H,32,33,34)/t24-/m1/s1. The van der Waals surface area contributed by atoms with E-state index < -0.39 is 0 Å². The number of hydrogen-bond acceptors (Lipinski definition) is 6. The molecule has 1 atom stereocenters. The molecule has 4 N–H and O–H groups in total. The first-order valence-corrected chi connectivity index (χ1v) is 12.6. The van der Waals surface area contributed by atoms with Crippen LogP contribution < -0.4 is 16.4 Å². The minimum absolute atomic E-state index is 0.0258. The molecule has 182 valence electrons. The van der Waals surface area contributed by atoms with E-state index in [-0.39, 0.29) is 29.8 Å². The number of aromatic nitrogens is 2. The number of hydrogen-bond donors (Lipinski definition) is 3. The summed E-state index contributed by atoms with van der Waals surface area (Å²) in [4.78, 5) is 33.8. The van der Waals surface area contributed by atoms with Crippen LogP contribution in [0.3, 0.4) is 0 Å². The van der Waals surface area contributed by atoms with Gasteiger partial charge in [0, 0.05) is 40.4 Å². The molecule has 0 aliphatic heterocycles. The highest BCUT2D eigenvalue weighted by atomic mass is 32.1. The monoisotopic (exact) mass is 497 g/mol. The van der Waals surface area contributed by atoms with Crippen molar-refractivity contribution in [1.82, 2.24) is 15.3 Å². The summed E-state index contributed by atoms with van der Waals surface area (Å²) in [5.41, 5.74) is 12.7. The van der Waals surface area contributed by atoms with Crippen LogP contribution in [0.2, 0.25) is 0 Å². The summed E-state index contributed by atoms with van der Waals surface area (Å²) in [5.74, 6) is -0.629. The van der Waals surface area contributed by atoms with E-state index >= 15 is 0 Å². The van der Waals surface area contributed by atoms with Crippen molar-refractivity contribution in [2.75, 3.05) is 11.9 Å². The lowest BCUT2D eigenvalue weighted by Crippen LogP contribution is -2.37. The summed E-state index contributed by atoms with van der Waals surface area (Å²) in [5, 5.41) is 7.86. The van der Waals surface area contributed by atoms with E-state index in [2.05, 4.69) is 40.5 Å². The van der Waals surface area contributed by atoms with E-state index in [9.17, 15) is 9.59 Å². The Hall–Kier alpha value is -3.88. The number of nitrogens with two attached hydrogens (primary N) is 1. The van der Waals surface area contributed by atoms with Crippen molar-refractivity contribution in [2.24, 2.45) is 5.73 Å². The van der Waals surface area contributed by atoms with Gasteiger partial charge in [-0.05, 0) is 59.0 Å². The molecule has 5 rings (SSSR count). The molecule has 0 radical (unpaired) electrons. The topological polar surface area (TPSA) is 110 Å². The zero-order valence-electron chi connectivity index (χ0n) is 20.1. The van der Waals surface area contributed by atoms with Gasteiger partial charge in [-0.25, -0.2) is 4.98 Å². The maximum Gasteiger partial charge on any atom is 0.251 e. The van der Waals surface area contributed by atoms with Crippen molar-refractivity contribution in [3.8, 4) is 22.4 Å². The second-order valence-corrected chi connectivity index (χ2v) is 10.3. The number of carbonyl (C=O) groups is 2. The molecule has 0 fully saturated rings. The van der Waals surface area contributed by atoms with Crippen LogP contribution in [0.25, 0.3) is 22.4 Å². The molecule has 0 spiro atoms. The first kappa shape index (κ1) is 23.8. The van der Waals surface area contributed by atoms with Crippen LogP contribution in [-0.4, -0.2) is 34.4 Å². The maximum absolute atomic E-state index is 12.7. The van der Waals surface area contributed by atoms with Crippen molar-refractivity contribution >= 4 is 28.3 Å². The highest BCUT2D eigenvalue weighted by Gasteiger charge is 2.37. The van der Waals surface area contributed by atoms with E-state index in [0.717, 1.165) is 34.4 Å². The summed E-state index contributed by atoms with van der Waals surface area (Å²) in [6, 6.07) is 17.6. The minimum Gasteiger partial charge on any atom is -0.343 e. The van der Waals surface area contributed by atoms with E-state index in [1.165, 1.54) is 16.9 Å². The number of pyridine rings is 1. The van der Waals surface area contributed by atoms with Crippen LogP contribution in [0.15, 0.2) is 72.4 Å². The lowest BCUT2D eigenvalue weighted by molar-refractivity contribution is -0.115. The third kappa shape index (κ3) is 4.78. The second-order valence-electron chi connectivity index (χ2n) is 9.49. The van der Waals surface area contributed by atoms with Crippen molar-refractivity contribution in [1.29, 1.82) is 0 Å². The first-order valence-electron chi connectivity index (χ1n) is 11.7. The number of nitrogens with one attached hydrogen (secondary N) is 2. The van der Waals surface area contributed by atoms with Crippen molar-refractivity contribution in [3.63, 3.8) is 0 Å². The Kier molecular flexibility index (Phi) is 6.38. The predicted molar refractivity (Wildman–Crippen MR) is 143 cm³/mol. The predicted octanol–water partition coefficient (Wildman–Crippen LogP) is 4.40. The molecular weight excluding hydrogens is 470 g/mol. The Morgan fingerprint density at radius 3 is 2.64 bits per heavy atom. The quantitative estimate of drug-likeness (QED) is 0.366. The summed E-state index contributed by atoms with van der Waals surface area (Å²) >= 11 is 1.34. The Morgan fingerprint density at radius 1 is 1.06 bits per heavy atom. The largest absolute Gasteiger partial charge is 0.343 e. The maximum atomic E-state index is 12.7. The molecule has 2 aromatic carbocycles. The summed E-state index contributed by atoms with van der Waals surface area (Å²) in [6.45, 7) is 4.04. The number of nitrogens with zero attached hydrogens (tertiary/aromatic N) is 2. The van der Waals surface area contributed by atoms with E-state index in [1.54, 1.807) is 18.5 Å². The van der Waals surface area contributed by atoms with Crippen LogP contribution in [0, 0.1) is 0 Å².